The highest BCUT2D eigenvalue weighted by molar-refractivity contribution is 6.33. The summed E-state index contributed by atoms with van der Waals surface area (Å²) in [7, 11) is 0. The van der Waals surface area contributed by atoms with Crippen LogP contribution < -0.4 is 5.32 Å². The number of carboxylic acid groups (broad SMARTS) is 1. The van der Waals surface area contributed by atoms with Crippen molar-refractivity contribution in [2.45, 2.75) is 6.54 Å². The first-order chi connectivity index (χ1) is 14.4. The van der Waals surface area contributed by atoms with Crippen molar-refractivity contribution in [1.29, 1.82) is 0 Å². The second-order valence-electron chi connectivity index (χ2n) is 6.57. The van der Waals surface area contributed by atoms with Gasteiger partial charge in [-0.25, -0.2) is 9.59 Å². The molecule has 3 aromatic rings. The number of carboxylic acids is 1. The van der Waals surface area contributed by atoms with Crippen LogP contribution in [0, 0.1) is 0 Å². The van der Waals surface area contributed by atoms with Crippen LogP contribution in [-0.4, -0.2) is 27.9 Å². The maximum absolute atomic E-state index is 12.6. The molecule has 8 heteroatoms. The summed E-state index contributed by atoms with van der Waals surface area (Å²) in [5.41, 5.74) is 1.40. The molecule has 1 aliphatic heterocycles. The van der Waals surface area contributed by atoms with Gasteiger partial charge in [0, 0.05) is 11.6 Å². The van der Waals surface area contributed by atoms with Crippen LogP contribution in [0.4, 0.5) is 4.79 Å². The molecule has 30 heavy (non-hydrogen) atoms. The lowest BCUT2D eigenvalue weighted by atomic mass is 10.1. The number of amides is 3. The fraction of sp³-hybridized carbons (Fsp3) is 0.0455. The Bertz CT molecular complexity index is 1180. The topological polar surface area (TPSA) is 99.9 Å². The highest BCUT2D eigenvalue weighted by atomic mass is 35.5. The largest absolute Gasteiger partial charge is 0.478 e. The zero-order valence-corrected chi connectivity index (χ0v) is 16.2. The second kappa shape index (κ2) is 7.88. The van der Waals surface area contributed by atoms with E-state index in [0.717, 1.165) is 10.5 Å². The molecule has 0 radical (unpaired) electrons. The normalized spacial score (nSPS) is 15.0. The summed E-state index contributed by atoms with van der Waals surface area (Å²) in [6, 6.07) is 16.2. The Labute approximate surface area is 176 Å². The van der Waals surface area contributed by atoms with Gasteiger partial charge in [-0.3, -0.25) is 9.69 Å². The summed E-state index contributed by atoms with van der Waals surface area (Å²) in [6.45, 7) is 0.157. The molecule has 2 N–H and O–H groups in total. The number of nitrogens with one attached hydrogen (secondary N) is 1. The summed E-state index contributed by atoms with van der Waals surface area (Å²) < 4.78 is 5.71. The molecule has 0 saturated carbocycles. The van der Waals surface area contributed by atoms with Gasteiger partial charge in [-0.05, 0) is 35.9 Å². The number of nitrogens with zero attached hydrogens (tertiary/aromatic N) is 1. The molecule has 1 aliphatic rings. The van der Waals surface area contributed by atoms with Crippen molar-refractivity contribution in [3.63, 3.8) is 0 Å². The molecule has 2 heterocycles. The van der Waals surface area contributed by atoms with E-state index in [2.05, 4.69) is 5.32 Å². The summed E-state index contributed by atoms with van der Waals surface area (Å²) in [5.74, 6) is -0.896. The first-order valence-corrected chi connectivity index (χ1v) is 9.31. The molecule has 0 bridgehead atoms. The van der Waals surface area contributed by atoms with E-state index < -0.39 is 17.9 Å². The van der Waals surface area contributed by atoms with E-state index in [1.54, 1.807) is 12.1 Å². The van der Waals surface area contributed by atoms with Crippen molar-refractivity contribution in [3.05, 3.63) is 88.3 Å². The third kappa shape index (κ3) is 3.83. The van der Waals surface area contributed by atoms with Crippen LogP contribution in [0.2, 0.25) is 5.02 Å². The van der Waals surface area contributed by atoms with Gasteiger partial charge in [-0.15, -0.1) is 0 Å². The lowest BCUT2D eigenvalue weighted by Crippen LogP contribution is -2.30. The zero-order valence-electron chi connectivity index (χ0n) is 15.5. The van der Waals surface area contributed by atoms with Crippen LogP contribution in [0.1, 0.15) is 21.7 Å². The van der Waals surface area contributed by atoms with Gasteiger partial charge in [0.15, 0.2) is 0 Å². The van der Waals surface area contributed by atoms with Crippen LogP contribution in [0.15, 0.2) is 70.8 Å². The number of furan rings is 1. The highest BCUT2D eigenvalue weighted by Gasteiger charge is 2.33. The number of carbonyl (C=O) groups excluding carboxylic acids is 2. The lowest BCUT2D eigenvalue weighted by molar-refractivity contribution is -0.123. The molecule has 150 valence electrons. The lowest BCUT2D eigenvalue weighted by Gasteiger charge is -2.11. The first kappa shape index (κ1) is 19.5. The molecule has 0 spiro atoms. The highest BCUT2D eigenvalue weighted by Crippen LogP contribution is 2.31. The Hall–Kier alpha value is -3.84. The molecule has 1 aromatic heterocycles. The Kier molecular flexibility index (Phi) is 5.12. The standard InChI is InChI=1S/C22H15ClN2O5/c23-17-8-6-14(21(27)28)10-16(17)19-9-7-15(30-19)11-18-20(26)25(22(29)24-18)12-13-4-2-1-3-5-13/h1-11H,12H2,(H,24,29)(H,27,28)/b18-11-. The van der Waals surface area contributed by atoms with E-state index in [9.17, 15) is 14.4 Å². The summed E-state index contributed by atoms with van der Waals surface area (Å²) in [4.78, 5) is 37.1. The molecular weight excluding hydrogens is 408 g/mol. The molecule has 7 nitrogen and oxygen atoms in total. The van der Waals surface area contributed by atoms with E-state index in [-0.39, 0.29) is 17.8 Å². The Morgan fingerprint density at radius 3 is 2.60 bits per heavy atom. The third-order valence-electron chi connectivity index (χ3n) is 4.54. The summed E-state index contributed by atoms with van der Waals surface area (Å²) in [6.07, 6.45) is 1.42. The van der Waals surface area contributed by atoms with Gasteiger partial charge in [0.25, 0.3) is 5.91 Å². The molecule has 1 saturated heterocycles. The number of aromatic carboxylic acids is 1. The minimum atomic E-state index is -1.08. The van der Waals surface area contributed by atoms with Crippen LogP contribution in [0.5, 0.6) is 0 Å². The minimum Gasteiger partial charge on any atom is -0.478 e. The van der Waals surface area contributed by atoms with Crippen molar-refractivity contribution in [1.82, 2.24) is 10.2 Å². The molecule has 2 aromatic carbocycles. The molecule has 0 aliphatic carbocycles. The maximum atomic E-state index is 12.6. The number of urea groups is 1. The smallest absolute Gasteiger partial charge is 0.335 e. The van der Waals surface area contributed by atoms with Crippen LogP contribution in [0.25, 0.3) is 17.4 Å². The van der Waals surface area contributed by atoms with E-state index >= 15 is 0 Å². The average Bonchev–Trinajstić information content (AvgIpc) is 3.29. The molecule has 1 fully saturated rings. The molecule has 0 atom stereocenters. The van der Waals surface area contributed by atoms with Gasteiger partial charge >= 0.3 is 12.0 Å². The van der Waals surface area contributed by atoms with Crippen molar-refractivity contribution in [2.75, 3.05) is 0 Å². The predicted octanol–water partition coefficient (Wildman–Crippen LogP) is 4.39. The van der Waals surface area contributed by atoms with Crippen LogP contribution >= 0.6 is 11.6 Å². The molecular formula is C22H15ClN2O5. The number of benzene rings is 2. The van der Waals surface area contributed by atoms with Crippen molar-refractivity contribution >= 4 is 35.6 Å². The predicted molar refractivity (Wildman–Crippen MR) is 110 cm³/mol. The number of carbonyl (C=O) groups is 3. The Morgan fingerprint density at radius 2 is 1.87 bits per heavy atom. The average molecular weight is 423 g/mol. The number of hydrogen-bond acceptors (Lipinski definition) is 4. The van der Waals surface area contributed by atoms with Crippen LogP contribution in [-0.2, 0) is 11.3 Å². The van der Waals surface area contributed by atoms with Gasteiger partial charge in [0.2, 0.25) is 0 Å². The maximum Gasteiger partial charge on any atom is 0.335 e. The molecule has 3 amide bonds. The number of imide groups is 1. The quantitative estimate of drug-likeness (QED) is 0.469. The van der Waals surface area contributed by atoms with E-state index in [0.29, 0.717) is 22.1 Å². The molecule has 0 unspecified atom stereocenters. The second-order valence-corrected chi connectivity index (χ2v) is 6.97. The van der Waals surface area contributed by atoms with Crippen LogP contribution in [0.3, 0.4) is 0 Å². The van der Waals surface area contributed by atoms with E-state index in [1.807, 2.05) is 30.3 Å². The Balaban J connectivity index is 1.57. The zero-order chi connectivity index (χ0) is 21.3. The van der Waals surface area contributed by atoms with E-state index in [1.165, 1.54) is 24.3 Å². The first-order valence-electron chi connectivity index (χ1n) is 8.94. The van der Waals surface area contributed by atoms with Gasteiger partial charge in [-0.2, -0.15) is 0 Å². The van der Waals surface area contributed by atoms with Crippen molar-refractivity contribution in [2.24, 2.45) is 0 Å². The Morgan fingerprint density at radius 1 is 1.10 bits per heavy atom. The third-order valence-corrected chi connectivity index (χ3v) is 4.87. The van der Waals surface area contributed by atoms with Gasteiger partial charge in [0.1, 0.15) is 17.2 Å². The van der Waals surface area contributed by atoms with Gasteiger partial charge < -0.3 is 14.8 Å². The summed E-state index contributed by atoms with van der Waals surface area (Å²) >= 11 is 6.17. The van der Waals surface area contributed by atoms with Crippen molar-refractivity contribution in [3.8, 4) is 11.3 Å². The minimum absolute atomic E-state index is 0.0699. The SMILES string of the molecule is O=C(O)c1ccc(Cl)c(-c2ccc(/C=C3\NC(=O)N(Cc4ccccc4)C3=O)o2)c1. The molecule has 4 rings (SSSR count). The van der Waals surface area contributed by atoms with Gasteiger partial charge in [0.05, 0.1) is 17.1 Å². The number of hydrogen-bond donors (Lipinski definition) is 2. The monoisotopic (exact) mass is 422 g/mol. The fourth-order valence-corrected chi connectivity index (χ4v) is 3.26. The van der Waals surface area contributed by atoms with Gasteiger partial charge in [-0.1, -0.05) is 41.9 Å². The fourth-order valence-electron chi connectivity index (χ4n) is 3.05. The van der Waals surface area contributed by atoms with E-state index in [4.69, 9.17) is 21.1 Å². The number of rotatable bonds is 5. The van der Waals surface area contributed by atoms with Crippen molar-refractivity contribution < 1.29 is 23.9 Å². The number of halogens is 1. The summed E-state index contributed by atoms with van der Waals surface area (Å²) in [5, 5.41) is 12.0.